The van der Waals surface area contributed by atoms with Gasteiger partial charge in [0.2, 0.25) is 5.78 Å². The van der Waals surface area contributed by atoms with Crippen LogP contribution in [0.3, 0.4) is 0 Å². The van der Waals surface area contributed by atoms with Crippen LogP contribution in [0.4, 0.5) is 0 Å². The average Bonchev–Trinajstić information content (AvgIpc) is 3.28. The summed E-state index contributed by atoms with van der Waals surface area (Å²) in [6, 6.07) is 9.91. The number of hydrogen-bond donors (Lipinski definition) is 1. The third-order valence-electron chi connectivity index (χ3n) is 4.67. The van der Waals surface area contributed by atoms with E-state index < -0.39 is 12.6 Å². The minimum absolute atomic E-state index is 0.118. The van der Waals surface area contributed by atoms with Gasteiger partial charge in [0.05, 0.1) is 18.4 Å². The Labute approximate surface area is 174 Å². The maximum Gasteiger partial charge on any atom is 0.331 e. The number of H-pyrrole nitrogens is 1. The molecule has 2 heterocycles. The first kappa shape index (κ1) is 21.0. The van der Waals surface area contributed by atoms with Crippen LogP contribution in [0.1, 0.15) is 50.2 Å². The molecule has 0 aliphatic rings. The highest BCUT2D eigenvalue weighted by Crippen LogP contribution is 2.19. The van der Waals surface area contributed by atoms with Gasteiger partial charge in [-0.05, 0) is 38.0 Å². The molecule has 154 valence electrons. The van der Waals surface area contributed by atoms with Crippen molar-refractivity contribution in [1.29, 1.82) is 0 Å². The van der Waals surface area contributed by atoms with Crippen molar-refractivity contribution < 1.29 is 19.1 Å². The summed E-state index contributed by atoms with van der Waals surface area (Å²) >= 11 is 0. The normalized spacial score (nSPS) is 11.0. The van der Waals surface area contributed by atoms with Gasteiger partial charge in [0.25, 0.3) is 0 Å². The van der Waals surface area contributed by atoms with Gasteiger partial charge in [-0.2, -0.15) is 5.10 Å². The topological polar surface area (TPSA) is 94.0 Å². The van der Waals surface area contributed by atoms with E-state index in [-0.39, 0.29) is 17.3 Å². The molecule has 0 aliphatic heterocycles. The molecule has 1 aromatic carbocycles. The number of aromatic nitrogens is 3. The second-order valence-electron chi connectivity index (χ2n) is 7.00. The first-order chi connectivity index (χ1) is 14.3. The van der Waals surface area contributed by atoms with E-state index in [2.05, 4.69) is 10.1 Å². The summed E-state index contributed by atoms with van der Waals surface area (Å²) < 4.78 is 6.81. The number of nitrogens with zero attached hydrogens (tertiary/aromatic N) is 2. The number of aromatic amines is 1. The van der Waals surface area contributed by atoms with Crippen LogP contribution in [0.25, 0.3) is 6.08 Å². The molecule has 7 nitrogen and oxygen atoms in total. The molecular formula is C23H23N3O4. The molecular weight excluding hydrogens is 382 g/mol. The van der Waals surface area contributed by atoms with E-state index in [1.807, 2.05) is 36.5 Å². The molecule has 0 amide bonds. The minimum Gasteiger partial charge on any atom is -0.454 e. The zero-order chi connectivity index (χ0) is 21.7. The predicted octanol–water partition coefficient (Wildman–Crippen LogP) is 3.52. The molecule has 0 bridgehead atoms. The number of hydrogen-bond acceptors (Lipinski definition) is 5. The highest BCUT2D eigenvalue weighted by atomic mass is 16.5. The average molecular weight is 405 g/mol. The van der Waals surface area contributed by atoms with Gasteiger partial charge in [-0.15, -0.1) is 0 Å². The lowest BCUT2D eigenvalue weighted by Crippen LogP contribution is -2.14. The summed E-state index contributed by atoms with van der Waals surface area (Å²) in [5.41, 5.74) is 3.85. The van der Waals surface area contributed by atoms with Crippen LogP contribution < -0.4 is 0 Å². The largest absolute Gasteiger partial charge is 0.454 e. The number of benzene rings is 1. The molecule has 0 unspecified atom stereocenters. The number of aryl methyl sites for hydroxylation is 1. The molecule has 0 fully saturated rings. The van der Waals surface area contributed by atoms with Crippen LogP contribution in [0, 0.1) is 13.8 Å². The third-order valence-corrected chi connectivity index (χ3v) is 4.67. The monoisotopic (exact) mass is 405 g/mol. The number of esters is 1. The van der Waals surface area contributed by atoms with Crippen LogP contribution in [0.15, 0.2) is 48.8 Å². The van der Waals surface area contributed by atoms with Crippen molar-refractivity contribution in [1.82, 2.24) is 14.8 Å². The van der Waals surface area contributed by atoms with Gasteiger partial charge >= 0.3 is 5.97 Å². The molecule has 1 N–H and O–H groups in total. The number of carbonyl (C=O) groups excluding carboxylic acids is 3. The Balaban J connectivity index is 1.55. The van der Waals surface area contributed by atoms with Crippen LogP contribution in [-0.2, 0) is 16.1 Å². The molecule has 30 heavy (non-hydrogen) atoms. The van der Waals surface area contributed by atoms with Crippen LogP contribution in [0.5, 0.6) is 0 Å². The molecule has 7 heteroatoms. The highest BCUT2D eigenvalue weighted by Gasteiger charge is 2.20. The Hall–Kier alpha value is -3.74. The van der Waals surface area contributed by atoms with E-state index in [0.717, 1.165) is 11.1 Å². The second-order valence-corrected chi connectivity index (χ2v) is 7.00. The highest BCUT2D eigenvalue weighted by molar-refractivity contribution is 6.04. The lowest BCUT2D eigenvalue weighted by atomic mass is 10.1. The predicted molar refractivity (Wildman–Crippen MR) is 112 cm³/mol. The summed E-state index contributed by atoms with van der Waals surface area (Å²) in [6.45, 7) is 5.10. The van der Waals surface area contributed by atoms with Gasteiger partial charge in [0.15, 0.2) is 12.4 Å². The molecule has 3 rings (SSSR count). The molecule has 0 radical (unpaired) electrons. The summed E-state index contributed by atoms with van der Waals surface area (Å²) in [6.07, 6.45) is 6.30. The maximum absolute atomic E-state index is 12.4. The lowest BCUT2D eigenvalue weighted by Gasteiger charge is -2.02. The Morgan fingerprint density at radius 1 is 1.17 bits per heavy atom. The molecule has 0 saturated carbocycles. The minimum atomic E-state index is -0.633. The summed E-state index contributed by atoms with van der Waals surface area (Å²) in [5.74, 6) is -1.14. The van der Waals surface area contributed by atoms with Crippen LogP contribution >= 0.6 is 0 Å². The van der Waals surface area contributed by atoms with E-state index in [9.17, 15) is 14.4 Å². The summed E-state index contributed by atoms with van der Waals surface area (Å²) in [5, 5.41) is 4.27. The van der Waals surface area contributed by atoms with Crippen molar-refractivity contribution in [3.63, 3.8) is 0 Å². The fourth-order valence-corrected chi connectivity index (χ4v) is 3.30. The molecule has 0 aliphatic carbocycles. The standard InChI is InChI=1S/C23H23N3O4/c1-15-22(17(3)27)16(2)25-23(15)20(28)14-30-21(29)10-9-19-11-24-26(13-19)12-18-7-5-4-6-8-18/h4-11,13,25H,12,14H2,1-3H3/b10-9+. The number of Topliss-reactive ketones (excluding diaryl/α,β-unsaturated/α-hetero) is 2. The van der Waals surface area contributed by atoms with E-state index in [1.54, 1.807) is 30.8 Å². The number of carbonyl (C=O) groups is 3. The van der Waals surface area contributed by atoms with Crippen molar-refractivity contribution in [2.75, 3.05) is 6.61 Å². The van der Waals surface area contributed by atoms with Crippen LogP contribution in [-0.4, -0.2) is 38.9 Å². The molecule has 2 aromatic heterocycles. The Morgan fingerprint density at radius 3 is 2.57 bits per heavy atom. The number of nitrogens with one attached hydrogen (secondary N) is 1. The van der Waals surface area contributed by atoms with Gasteiger partial charge in [0, 0.05) is 29.1 Å². The smallest absolute Gasteiger partial charge is 0.331 e. The van der Waals surface area contributed by atoms with Gasteiger partial charge in [0.1, 0.15) is 0 Å². The fourth-order valence-electron chi connectivity index (χ4n) is 3.30. The second kappa shape index (κ2) is 9.17. The Kier molecular flexibility index (Phi) is 6.41. The van der Waals surface area contributed by atoms with E-state index in [4.69, 9.17) is 4.74 Å². The van der Waals surface area contributed by atoms with Crippen LogP contribution in [0.2, 0.25) is 0 Å². The zero-order valence-electron chi connectivity index (χ0n) is 17.1. The quantitative estimate of drug-likeness (QED) is 0.352. The molecule has 0 atom stereocenters. The van der Waals surface area contributed by atoms with Gasteiger partial charge in [-0.1, -0.05) is 30.3 Å². The SMILES string of the molecule is CC(=O)c1c(C)[nH]c(C(=O)COC(=O)/C=C/c2cnn(Cc3ccccc3)c2)c1C. The molecule has 3 aromatic rings. The maximum atomic E-state index is 12.4. The first-order valence-electron chi connectivity index (χ1n) is 9.49. The Morgan fingerprint density at radius 2 is 1.90 bits per heavy atom. The summed E-state index contributed by atoms with van der Waals surface area (Å²) in [4.78, 5) is 38.9. The first-order valence-corrected chi connectivity index (χ1v) is 9.49. The van der Waals surface area contributed by atoms with Crippen molar-refractivity contribution in [2.24, 2.45) is 0 Å². The Bertz CT molecular complexity index is 1110. The zero-order valence-corrected chi connectivity index (χ0v) is 17.1. The number of ketones is 2. The lowest BCUT2D eigenvalue weighted by molar-refractivity contribution is -0.136. The number of ether oxygens (including phenoxy) is 1. The number of rotatable bonds is 8. The van der Waals surface area contributed by atoms with Crippen molar-refractivity contribution in [2.45, 2.75) is 27.3 Å². The van der Waals surface area contributed by atoms with Crippen molar-refractivity contribution in [3.8, 4) is 0 Å². The van der Waals surface area contributed by atoms with E-state index in [0.29, 0.717) is 23.4 Å². The van der Waals surface area contributed by atoms with Crippen molar-refractivity contribution >= 4 is 23.6 Å². The molecule has 0 saturated heterocycles. The van der Waals surface area contributed by atoms with Gasteiger partial charge in [-0.25, -0.2) is 4.79 Å². The van der Waals surface area contributed by atoms with Crippen molar-refractivity contribution in [3.05, 3.63) is 82.4 Å². The molecule has 0 spiro atoms. The van der Waals surface area contributed by atoms with E-state index in [1.165, 1.54) is 13.0 Å². The van der Waals surface area contributed by atoms with E-state index >= 15 is 0 Å². The van der Waals surface area contributed by atoms with Gasteiger partial charge in [-0.3, -0.25) is 14.3 Å². The summed E-state index contributed by atoms with van der Waals surface area (Å²) in [7, 11) is 0. The van der Waals surface area contributed by atoms with Gasteiger partial charge < -0.3 is 9.72 Å². The fraction of sp³-hybridized carbons (Fsp3) is 0.217. The third kappa shape index (κ3) is 5.00.